The van der Waals surface area contributed by atoms with E-state index < -0.39 is 0 Å². The van der Waals surface area contributed by atoms with E-state index in [4.69, 9.17) is 14.7 Å². The van der Waals surface area contributed by atoms with E-state index in [2.05, 4.69) is 20.6 Å². The van der Waals surface area contributed by atoms with Crippen LogP contribution in [0.15, 0.2) is 48.9 Å². The highest BCUT2D eigenvalue weighted by Gasteiger charge is 2.21. The Morgan fingerprint density at radius 1 is 1.06 bits per heavy atom. The number of carbonyl (C=O) groups is 2. The molecule has 0 radical (unpaired) electrons. The first-order valence-corrected chi connectivity index (χ1v) is 11.7. The van der Waals surface area contributed by atoms with Crippen LogP contribution in [-0.4, -0.2) is 61.4 Å². The molecule has 5 rings (SSSR count). The molecule has 11 heteroatoms. The molecule has 4 heterocycles. The van der Waals surface area contributed by atoms with Crippen LogP contribution in [0.4, 0.5) is 17.2 Å². The van der Waals surface area contributed by atoms with Gasteiger partial charge >= 0.3 is 0 Å². The number of imidazole rings is 1. The Hall–Kier alpha value is -4.54. The summed E-state index contributed by atoms with van der Waals surface area (Å²) in [5.41, 5.74) is 3.47. The van der Waals surface area contributed by atoms with Gasteiger partial charge in [-0.3, -0.25) is 9.59 Å². The average Bonchev–Trinajstić information content (AvgIpc) is 3.49. The van der Waals surface area contributed by atoms with Gasteiger partial charge in [0.05, 0.1) is 13.4 Å². The Balaban J connectivity index is 1.49. The van der Waals surface area contributed by atoms with Crippen molar-refractivity contribution in [1.29, 1.82) is 0 Å². The fraction of sp³-hybridized carbons (Fsp3) is 0.280. The van der Waals surface area contributed by atoms with Crippen molar-refractivity contribution < 1.29 is 14.3 Å². The first-order valence-electron chi connectivity index (χ1n) is 11.7. The summed E-state index contributed by atoms with van der Waals surface area (Å²) >= 11 is 0. The summed E-state index contributed by atoms with van der Waals surface area (Å²) in [6, 6.07) is 10.9. The van der Waals surface area contributed by atoms with Crippen LogP contribution in [-0.2, 0) is 16.1 Å². The lowest BCUT2D eigenvalue weighted by molar-refractivity contribution is -0.127. The molecule has 36 heavy (non-hydrogen) atoms. The van der Waals surface area contributed by atoms with Gasteiger partial charge in [0.1, 0.15) is 0 Å². The van der Waals surface area contributed by atoms with Crippen LogP contribution >= 0.6 is 0 Å². The van der Waals surface area contributed by atoms with E-state index in [1.165, 1.54) is 6.92 Å². The highest BCUT2D eigenvalue weighted by Crippen LogP contribution is 2.27. The van der Waals surface area contributed by atoms with Gasteiger partial charge in [-0.2, -0.15) is 0 Å². The zero-order valence-corrected chi connectivity index (χ0v) is 20.1. The second-order valence-electron chi connectivity index (χ2n) is 8.46. The molecule has 1 saturated heterocycles. The number of hydrogen-bond donors (Lipinski definition) is 2. The number of benzene rings is 1. The van der Waals surface area contributed by atoms with Gasteiger partial charge in [0.25, 0.3) is 0 Å². The molecule has 184 valence electrons. The first kappa shape index (κ1) is 23.2. The molecule has 0 spiro atoms. The van der Waals surface area contributed by atoms with Crippen LogP contribution in [0.3, 0.4) is 0 Å². The number of methoxy groups -OCH3 is 1. The molecule has 0 aliphatic carbocycles. The third kappa shape index (κ3) is 4.95. The third-order valence-electron chi connectivity index (χ3n) is 5.92. The molecular weight excluding hydrogens is 460 g/mol. The normalized spacial score (nSPS) is 13.3. The predicted molar refractivity (Wildman–Crippen MR) is 135 cm³/mol. The minimum Gasteiger partial charge on any atom is -0.481 e. The Kier molecular flexibility index (Phi) is 6.44. The van der Waals surface area contributed by atoms with Crippen LogP contribution in [0.5, 0.6) is 5.88 Å². The van der Waals surface area contributed by atoms with Crippen LogP contribution in [0.25, 0.3) is 22.6 Å². The van der Waals surface area contributed by atoms with Crippen LogP contribution in [0.1, 0.15) is 19.8 Å². The second-order valence-corrected chi connectivity index (χ2v) is 8.46. The largest absolute Gasteiger partial charge is 0.481 e. The Morgan fingerprint density at radius 3 is 2.53 bits per heavy atom. The van der Waals surface area contributed by atoms with Crippen molar-refractivity contribution in [3.8, 4) is 17.3 Å². The number of rotatable bonds is 8. The standard InChI is InChI=1S/C25H26N8O3/c1-16(34)28-18-6-8-19(9-7-18)29-24-22-25(31-23(30-24)17-5-10-20(36-2)26-14-17)33(15-27-22)13-12-32-11-3-4-21(32)35/h5-10,14-15H,3-4,11-13H2,1-2H3,(H,28,34)(H,29,30,31). The van der Waals surface area contributed by atoms with Crippen molar-refractivity contribution >= 4 is 40.2 Å². The summed E-state index contributed by atoms with van der Waals surface area (Å²) in [6.45, 7) is 3.42. The highest BCUT2D eigenvalue weighted by molar-refractivity contribution is 5.90. The van der Waals surface area contributed by atoms with E-state index in [9.17, 15) is 9.59 Å². The number of anilines is 3. The first-order chi connectivity index (χ1) is 17.5. The van der Waals surface area contributed by atoms with Gasteiger partial charge in [0.15, 0.2) is 22.8 Å². The Labute approximate surface area is 207 Å². The molecule has 11 nitrogen and oxygen atoms in total. The monoisotopic (exact) mass is 486 g/mol. The van der Waals surface area contributed by atoms with Crippen molar-refractivity contribution in [2.75, 3.05) is 30.8 Å². The topological polar surface area (TPSA) is 127 Å². The molecule has 1 fully saturated rings. The van der Waals surface area contributed by atoms with Gasteiger partial charge in [-0.05, 0) is 36.8 Å². The molecule has 2 N–H and O–H groups in total. The summed E-state index contributed by atoms with van der Waals surface area (Å²) in [4.78, 5) is 43.6. The number of likely N-dealkylation sites (tertiary alicyclic amines) is 1. The number of fused-ring (bicyclic) bond motifs is 1. The lowest BCUT2D eigenvalue weighted by Gasteiger charge is -2.16. The van der Waals surface area contributed by atoms with Gasteiger partial charge < -0.3 is 24.8 Å². The average molecular weight is 487 g/mol. The molecule has 3 aromatic heterocycles. The third-order valence-corrected chi connectivity index (χ3v) is 5.92. The summed E-state index contributed by atoms with van der Waals surface area (Å²) < 4.78 is 7.11. The smallest absolute Gasteiger partial charge is 0.222 e. The highest BCUT2D eigenvalue weighted by atomic mass is 16.5. The van der Waals surface area contributed by atoms with E-state index in [-0.39, 0.29) is 11.8 Å². The molecular formula is C25H26N8O3. The summed E-state index contributed by atoms with van der Waals surface area (Å²) in [5, 5.41) is 6.08. The van der Waals surface area contributed by atoms with E-state index in [0.29, 0.717) is 53.9 Å². The van der Waals surface area contributed by atoms with E-state index in [0.717, 1.165) is 24.2 Å². The minimum absolute atomic E-state index is 0.132. The van der Waals surface area contributed by atoms with Gasteiger partial charge in [-0.1, -0.05) is 0 Å². The molecule has 0 bridgehead atoms. The van der Waals surface area contributed by atoms with E-state index >= 15 is 0 Å². The zero-order valence-electron chi connectivity index (χ0n) is 20.1. The van der Waals surface area contributed by atoms with Crippen LogP contribution < -0.4 is 15.4 Å². The summed E-state index contributed by atoms with van der Waals surface area (Å²) in [5.74, 6) is 1.57. The van der Waals surface area contributed by atoms with Crippen molar-refractivity contribution in [1.82, 2.24) is 29.4 Å². The van der Waals surface area contributed by atoms with Gasteiger partial charge in [0, 0.05) is 62.2 Å². The molecule has 1 aliphatic rings. The molecule has 0 saturated carbocycles. The number of hydrogen-bond acceptors (Lipinski definition) is 8. The number of aromatic nitrogens is 5. The predicted octanol–water partition coefficient (Wildman–Crippen LogP) is 3.22. The molecule has 1 aliphatic heterocycles. The maximum atomic E-state index is 12.1. The molecule has 2 amide bonds. The van der Waals surface area contributed by atoms with Crippen molar-refractivity contribution in [3.05, 3.63) is 48.9 Å². The quantitative estimate of drug-likeness (QED) is 0.389. The summed E-state index contributed by atoms with van der Waals surface area (Å²) in [7, 11) is 1.56. The van der Waals surface area contributed by atoms with Crippen LogP contribution in [0.2, 0.25) is 0 Å². The SMILES string of the molecule is COc1ccc(-c2nc(Nc3ccc(NC(C)=O)cc3)c3ncn(CCN4CCCC4=O)c3n2)cn1. The Bertz CT molecular complexity index is 1400. The van der Waals surface area contributed by atoms with Gasteiger partial charge in [-0.15, -0.1) is 0 Å². The Morgan fingerprint density at radius 2 is 1.86 bits per heavy atom. The molecule has 0 unspecified atom stereocenters. The van der Waals surface area contributed by atoms with Crippen molar-refractivity contribution in [2.24, 2.45) is 0 Å². The number of amides is 2. The maximum Gasteiger partial charge on any atom is 0.222 e. The van der Waals surface area contributed by atoms with Gasteiger partial charge in [0.2, 0.25) is 17.7 Å². The van der Waals surface area contributed by atoms with Crippen molar-refractivity contribution in [3.63, 3.8) is 0 Å². The molecule has 0 atom stereocenters. The number of carbonyl (C=O) groups excluding carboxylic acids is 2. The zero-order chi connectivity index (χ0) is 25.1. The second kappa shape index (κ2) is 9.98. The number of ether oxygens (including phenoxy) is 1. The van der Waals surface area contributed by atoms with Crippen LogP contribution in [0, 0.1) is 0 Å². The lowest BCUT2D eigenvalue weighted by atomic mass is 10.2. The van der Waals surface area contributed by atoms with Crippen molar-refractivity contribution in [2.45, 2.75) is 26.3 Å². The maximum absolute atomic E-state index is 12.1. The molecule has 4 aromatic rings. The minimum atomic E-state index is -0.132. The number of pyridine rings is 1. The number of nitrogens with one attached hydrogen (secondary N) is 2. The lowest BCUT2D eigenvalue weighted by Crippen LogP contribution is -2.28. The summed E-state index contributed by atoms with van der Waals surface area (Å²) in [6.07, 6.45) is 4.89. The molecule has 1 aromatic carbocycles. The fourth-order valence-corrected chi connectivity index (χ4v) is 4.10. The van der Waals surface area contributed by atoms with E-state index in [1.54, 1.807) is 25.7 Å². The van der Waals surface area contributed by atoms with E-state index in [1.807, 2.05) is 39.8 Å². The van der Waals surface area contributed by atoms with Gasteiger partial charge in [-0.25, -0.2) is 19.9 Å². The number of nitrogens with zero attached hydrogens (tertiary/aromatic N) is 6. The fourth-order valence-electron chi connectivity index (χ4n) is 4.10.